The van der Waals surface area contributed by atoms with Crippen molar-refractivity contribution in [3.8, 4) is 0 Å². The van der Waals surface area contributed by atoms with E-state index >= 15 is 0 Å². The number of hydrogen-bond donors (Lipinski definition) is 2. The number of Topliss-reactive ketones (excluding diaryl/α,β-unsaturated/α-hetero) is 1. The molecule has 3 aromatic carbocycles. The zero-order chi connectivity index (χ0) is 23.8. The van der Waals surface area contributed by atoms with E-state index in [9.17, 15) is 19.7 Å². The fourth-order valence-corrected chi connectivity index (χ4v) is 4.98. The summed E-state index contributed by atoms with van der Waals surface area (Å²) in [6, 6.07) is 22.9. The average molecular weight is 453 g/mol. The molecule has 4 nitrogen and oxygen atoms in total. The number of nitrogens with one attached hydrogen (secondary N) is 1. The van der Waals surface area contributed by atoms with Gasteiger partial charge in [0.25, 0.3) is 0 Å². The maximum absolute atomic E-state index is 13.8. The Morgan fingerprint density at radius 3 is 2.44 bits per heavy atom. The fraction of sp³-hybridized carbons (Fsp3) is 0.172. The average Bonchev–Trinajstić information content (AvgIpc) is 2.84. The molecule has 0 bridgehead atoms. The number of aliphatic hydroxyl groups is 1. The number of aryl methyl sites for hydroxylation is 1. The summed E-state index contributed by atoms with van der Waals surface area (Å²) in [4.78, 5) is 15.2. The summed E-state index contributed by atoms with van der Waals surface area (Å²) in [5.41, 5.74) is 4.75. The Kier molecular flexibility index (Phi) is 5.62. The Hall–Kier alpha value is -3.99. The minimum Gasteiger partial charge on any atom is -0.507 e. The SMILES string of the molecule is Cc1cccc(N2C(=N)/C(=C(/O)c3ccccc3)C(c3ccc(F)cc3)C3=C2CCCC3=O)c1. The molecule has 0 radical (unpaired) electrons. The van der Waals surface area contributed by atoms with Crippen molar-refractivity contribution >= 4 is 23.1 Å². The molecule has 0 amide bonds. The van der Waals surface area contributed by atoms with Gasteiger partial charge in [0.15, 0.2) is 5.78 Å². The van der Waals surface area contributed by atoms with E-state index in [2.05, 4.69) is 0 Å². The molecule has 34 heavy (non-hydrogen) atoms. The lowest BCUT2D eigenvalue weighted by molar-refractivity contribution is -0.116. The molecular weight excluding hydrogens is 427 g/mol. The summed E-state index contributed by atoms with van der Waals surface area (Å²) in [5.74, 6) is -0.966. The highest BCUT2D eigenvalue weighted by molar-refractivity contribution is 6.19. The van der Waals surface area contributed by atoms with Gasteiger partial charge >= 0.3 is 0 Å². The van der Waals surface area contributed by atoms with Gasteiger partial charge in [0, 0.05) is 40.4 Å². The quantitative estimate of drug-likeness (QED) is 0.435. The number of aliphatic hydroxyl groups excluding tert-OH is 1. The van der Waals surface area contributed by atoms with E-state index in [0.29, 0.717) is 41.5 Å². The third-order valence-corrected chi connectivity index (χ3v) is 6.52. The molecule has 1 unspecified atom stereocenters. The third kappa shape index (κ3) is 3.73. The fourth-order valence-electron chi connectivity index (χ4n) is 4.98. The van der Waals surface area contributed by atoms with E-state index in [0.717, 1.165) is 16.9 Å². The highest BCUT2D eigenvalue weighted by Gasteiger charge is 2.43. The van der Waals surface area contributed by atoms with Gasteiger partial charge < -0.3 is 5.11 Å². The minimum absolute atomic E-state index is 0.000843. The van der Waals surface area contributed by atoms with E-state index in [1.165, 1.54) is 12.1 Å². The van der Waals surface area contributed by atoms with E-state index in [1.807, 2.05) is 49.4 Å². The molecule has 0 saturated heterocycles. The Morgan fingerprint density at radius 2 is 1.74 bits per heavy atom. The van der Waals surface area contributed by atoms with Gasteiger partial charge in [0.2, 0.25) is 0 Å². The van der Waals surface area contributed by atoms with Crippen LogP contribution in [0.1, 0.15) is 41.9 Å². The normalized spacial score (nSPS) is 19.8. The van der Waals surface area contributed by atoms with E-state index in [1.54, 1.807) is 29.2 Å². The number of hydrogen-bond acceptors (Lipinski definition) is 3. The number of halogens is 1. The van der Waals surface area contributed by atoms with Gasteiger partial charge in [-0.15, -0.1) is 0 Å². The van der Waals surface area contributed by atoms with Crippen LogP contribution in [0, 0.1) is 18.2 Å². The summed E-state index contributed by atoms with van der Waals surface area (Å²) in [5, 5.41) is 20.8. The molecule has 5 heteroatoms. The van der Waals surface area contributed by atoms with E-state index < -0.39 is 5.92 Å². The van der Waals surface area contributed by atoms with Crippen LogP contribution in [0.4, 0.5) is 10.1 Å². The van der Waals surface area contributed by atoms with Gasteiger partial charge in [-0.1, -0.05) is 54.6 Å². The number of nitrogens with zero attached hydrogens (tertiary/aromatic N) is 1. The number of rotatable bonds is 3. The van der Waals surface area contributed by atoms with Crippen LogP contribution in [0.3, 0.4) is 0 Å². The molecule has 3 aromatic rings. The van der Waals surface area contributed by atoms with Crippen molar-refractivity contribution in [2.45, 2.75) is 32.1 Å². The lowest BCUT2D eigenvalue weighted by Gasteiger charge is -2.42. The number of carbonyl (C=O) groups excluding carboxylic acids is 1. The molecule has 1 aliphatic heterocycles. The molecule has 1 aliphatic carbocycles. The van der Waals surface area contributed by atoms with Gasteiger partial charge in [0.1, 0.15) is 17.4 Å². The number of amidine groups is 1. The molecule has 0 fully saturated rings. The summed E-state index contributed by atoms with van der Waals surface area (Å²) in [6.07, 6.45) is 1.76. The number of benzene rings is 3. The number of carbonyl (C=O) groups is 1. The molecule has 1 atom stereocenters. The first-order chi connectivity index (χ1) is 16.5. The van der Waals surface area contributed by atoms with Gasteiger partial charge in [-0.25, -0.2) is 4.39 Å². The topological polar surface area (TPSA) is 64.4 Å². The first kappa shape index (κ1) is 21.8. The second-order valence-corrected chi connectivity index (χ2v) is 8.77. The lowest BCUT2D eigenvalue weighted by Crippen LogP contribution is -2.42. The van der Waals surface area contributed by atoms with E-state index in [4.69, 9.17) is 0 Å². The highest BCUT2D eigenvalue weighted by Crippen LogP contribution is 2.47. The first-order valence-electron chi connectivity index (χ1n) is 11.4. The molecule has 2 N–H and O–H groups in total. The van der Waals surface area contributed by atoms with Gasteiger partial charge in [-0.3, -0.25) is 15.1 Å². The first-order valence-corrected chi connectivity index (χ1v) is 11.4. The van der Waals surface area contributed by atoms with Gasteiger partial charge in [-0.2, -0.15) is 0 Å². The van der Waals surface area contributed by atoms with Crippen LogP contribution in [-0.4, -0.2) is 16.7 Å². The van der Waals surface area contributed by atoms with Crippen LogP contribution in [0.2, 0.25) is 0 Å². The second-order valence-electron chi connectivity index (χ2n) is 8.77. The number of allylic oxidation sites excluding steroid dienone is 2. The van der Waals surface area contributed by atoms with Crippen molar-refractivity contribution in [3.63, 3.8) is 0 Å². The number of ketones is 1. The van der Waals surface area contributed by atoms with Crippen LogP contribution in [0.5, 0.6) is 0 Å². The predicted octanol–water partition coefficient (Wildman–Crippen LogP) is 6.69. The molecule has 0 aromatic heterocycles. The molecule has 170 valence electrons. The Bertz CT molecular complexity index is 1340. The summed E-state index contributed by atoms with van der Waals surface area (Å²) in [6.45, 7) is 1.98. The molecular formula is C29H25FN2O2. The second kappa shape index (κ2) is 8.75. The molecule has 2 aliphatic rings. The van der Waals surface area contributed by atoms with Crippen molar-refractivity contribution in [2.24, 2.45) is 0 Å². The Balaban J connectivity index is 1.83. The molecule has 0 saturated carbocycles. The lowest BCUT2D eigenvalue weighted by atomic mass is 9.73. The molecule has 1 heterocycles. The third-order valence-electron chi connectivity index (χ3n) is 6.52. The van der Waals surface area contributed by atoms with Crippen molar-refractivity contribution in [1.82, 2.24) is 0 Å². The van der Waals surface area contributed by atoms with Crippen molar-refractivity contribution < 1.29 is 14.3 Å². The monoisotopic (exact) mass is 452 g/mol. The van der Waals surface area contributed by atoms with Crippen LogP contribution in [0.25, 0.3) is 5.76 Å². The maximum Gasteiger partial charge on any atom is 0.161 e. The number of anilines is 1. The van der Waals surface area contributed by atoms with Crippen LogP contribution >= 0.6 is 0 Å². The molecule has 5 rings (SSSR count). The maximum atomic E-state index is 13.8. The van der Waals surface area contributed by atoms with Crippen molar-refractivity contribution in [3.05, 3.63) is 118 Å². The summed E-state index contributed by atoms with van der Waals surface area (Å²) in [7, 11) is 0. The minimum atomic E-state index is -0.655. The predicted molar refractivity (Wildman–Crippen MR) is 132 cm³/mol. The Morgan fingerprint density at radius 1 is 1.00 bits per heavy atom. The van der Waals surface area contributed by atoms with Crippen molar-refractivity contribution in [2.75, 3.05) is 4.90 Å². The largest absolute Gasteiger partial charge is 0.507 e. The standard InChI is InChI=1S/C29H25FN2O2/c1-18-7-5-10-22(17-18)32-23-11-6-12-24(33)26(23)25(19-13-15-21(30)16-14-19)27(29(32)31)28(34)20-8-3-2-4-9-20/h2-5,7-10,13-17,25,31,34H,6,11-12H2,1H3/b28-27+,31-29?. The Labute approximate surface area is 198 Å². The van der Waals surface area contributed by atoms with Crippen LogP contribution < -0.4 is 4.90 Å². The summed E-state index contributed by atoms with van der Waals surface area (Å²) >= 11 is 0. The van der Waals surface area contributed by atoms with Crippen molar-refractivity contribution in [1.29, 1.82) is 5.41 Å². The van der Waals surface area contributed by atoms with Crippen LogP contribution in [-0.2, 0) is 4.79 Å². The highest BCUT2D eigenvalue weighted by atomic mass is 19.1. The van der Waals surface area contributed by atoms with E-state index in [-0.39, 0.29) is 23.2 Å². The van der Waals surface area contributed by atoms with Gasteiger partial charge in [0.05, 0.1) is 0 Å². The molecule has 0 spiro atoms. The zero-order valence-corrected chi connectivity index (χ0v) is 18.9. The smallest absolute Gasteiger partial charge is 0.161 e. The van der Waals surface area contributed by atoms with Crippen LogP contribution in [0.15, 0.2) is 95.7 Å². The van der Waals surface area contributed by atoms with Gasteiger partial charge in [-0.05, 0) is 55.2 Å². The summed E-state index contributed by atoms with van der Waals surface area (Å²) < 4.78 is 13.8. The zero-order valence-electron chi connectivity index (χ0n) is 18.9.